The van der Waals surface area contributed by atoms with Crippen LogP contribution in [0.2, 0.25) is 0 Å². The lowest BCUT2D eigenvalue weighted by atomic mass is 10.2. The molecule has 0 atom stereocenters. The van der Waals surface area contributed by atoms with Gasteiger partial charge in [0.15, 0.2) is 23.0 Å². The van der Waals surface area contributed by atoms with E-state index in [9.17, 15) is 30.9 Å². The van der Waals surface area contributed by atoms with Gasteiger partial charge in [0.2, 0.25) is 5.75 Å². The molecule has 0 aliphatic carbocycles. The van der Waals surface area contributed by atoms with Crippen molar-refractivity contribution in [3.05, 3.63) is 30.3 Å². The van der Waals surface area contributed by atoms with E-state index in [4.69, 9.17) is 19.3 Å². The Balaban J connectivity index is 2.43. The first-order valence-electron chi connectivity index (χ1n) is 8.18. The van der Waals surface area contributed by atoms with Crippen molar-refractivity contribution in [2.75, 3.05) is 14.2 Å². The van der Waals surface area contributed by atoms with Gasteiger partial charge in [-0.3, -0.25) is 9.79 Å². The van der Waals surface area contributed by atoms with E-state index in [0.717, 1.165) is 32.4 Å². The van der Waals surface area contributed by atoms with Gasteiger partial charge in [-0.1, -0.05) is 0 Å². The number of ether oxygens (including phenoxy) is 4. The molecule has 0 radical (unpaired) electrons. The average molecular weight is 506 g/mol. The van der Waals surface area contributed by atoms with E-state index in [1.54, 1.807) is 0 Å². The highest BCUT2D eigenvalue weighted by atomic mass is 31.2. The summed E-state index contributed by atoms with van der Waals surface area (Å²) in [5, 5.41) is 7.33. The van der Waals surface area contributed by atoms with E-state index < -0.39 is 49.3 Å². The van der Waals surface area contributed by atoms with Crippen molar-refractivity contribution < 1.29 is 64.2 Å². The van der Waals surface area contributed by atoms with Crippen LogP contribution in [-0.2, 0) is 4.57 Å². The molecule has 0 aromatic heterocycles. The summed E-state index contributed by atoms with van der Waals surface area (Å²) in [6, 6.07) is 4.25. The van der Waals surface area contributed by atoms with Gasteiger partial charge < -0.3 is 23.5 Å². The van der Waals surface area contributed by atoms with Crippen LogP contribution in [0.15, 0.2) is 40.6 Å². The van der Waals surface area contributed by atoms with Crippen LogP contribution in [-0.4, -0.2) is 36.7 Å². The molecule has 17 heteroatoms. The zero-order valence-corrected chi connectivity index (χ0v) is 17.2. The maximum absolute atomic E-state index is 12.6. The van der Waals surface area contributed by atoms with Gasteiger partial charge in [0.05, 0.1) is 25.6 Å². The van der Waals surface area contributed by atoms with Crippen LogP contribution in [0.3, 0.4) is 0 Å². The second-order valence-corrected chi connectivity index (χ2v) is 6.85. The molecule has 2 rings (SSSR count). The monoisotopic (exact) mass is 506 g/mol. The van der Waals surface area contributed by atoms with Crippen LogP contribution in [0, 0.1) is 0 Å². The SMILES string of the molecule is COc1cc(N=Nc2ccc(OC(F)(F)F)c(OP(=O)(O)O)c2)cc(OC)c1OC(F)(F)F. The molecule has 0 spiro atoms. The molecule has 2 aromatic carbocycles. The number of phosphoric acid groups is 1. The topological polar surface area (TPSA) is 128 Å². The van der Waals surface area contributed by atoms with Crippen LogP contribution >= 0.6 is 7.82 Å². The Morgan fingerprint density at radius 1 is 0.758 bits per heavy atom. The number of hydrogen-bond acceptors (Lipinski definition) is 8. The number of nitrogens with zero attached hydrogens (tertiary/aromatic N) is 2. The number of rotatable bonds is 8. The smallest absolute Gasteiger partial charge is 0.493 e. The Labute approximate surface area is 180 Å². The number of benzene rings is 2. The summed E-state index contributed by atoms with van der Waals surface area (Å²) < 4.78 is 108. The average Bonchev–Trinajstić information content (AvgIpc) is 2.65. The summed E-state index contributed by atoms with van der Waals surface area (Å²) in [7, 11) is -3.19. The van der Waals surface area contributed by atoms with Crippen LogP contribution in [0.5, 0.6) is 28.7 Å². The van der Waals surface area contributed by atoms with Crippen LogP contribution in [0.25, 0.3) is 0 Å². The van der Waals surface area contributed by atoms with Gasteiger partial charge in [-0.05, 0) is 12.1 Å². The maximum atomic E-state index is 12.6. The second kappa shape index (κ2) is 9.72. The number of hydrogen-bond donors (Lipinski definition) is 2. The van der Waals surface area contributed by atoms with Crippen molar-refractivity contribution in [1.82, 2.24) is 0 Å². The van der Waals surface area contributed by atoms with Crippen LogP contribution in [0.4, 0.5) is 37.7 Å². The summed E-state index contributed by atoms with van der Waals surface area (Å²) in [6.45, 7) is 0. The Morgan fingerprint density at radius 3 is 1.70 bits per heavy atom. The number of methoxy groups -OCH3 is 2. The van der Waals surface area contributed by atoms with Gasteiger partial charge in [-0.25, -0.2) is 4.57 Å². The Bertz CT molecular complexity index is 1040. The molecule has 10 nitrogen and oxygen atoms in total. The number of halogens is 6. The van der Waals surface area contributed by atoms with E-state index in [0.29, 0.717) is 12.1 Å². The zero-order valence-electron chi connectivity index (χ0n) is 16.3. The predicted octanol–water partition coefficient (Wildman–Crippen LogP) is 5.39. The van der Waals surface area contributed by atoms with Crippen LogP contribution < -0.4 is 23.5 Å². The molecule has 0 bridgehead atoms. The molecule has 2 aromatic rings. The van der Waals surface area contributed by atoms with Crippen molar-refractivity contribution in [1.29, 1.82) is 0 Å². The third-order valence-electron chi connectivity index (χ3n) is 3.31. The Kier molecular flexibility index (Phi) is 7.67. The number of azo groups is 1. The minimum atomic E-state index is -5.28. The molecule has 0 unspecified atom stereocenters. The van der Waals surface area contributed by atoms with E-state index in [-0.39, 0.29) is 11.4 Å². The predicted molar refractivity (Wildman–Crippen MR) is 96.2 cm³/mol. The van der Waals surface area contributed by atoms with Gasteiger partial charge in [-0.15, -0.1) is 26.3 Å². The second-order valence-electron chi connectivity index (χ2n) is 5.69. The van der Waals surface area contributed by atoms with Gasteiger partial charge in [0.25, 0.3) is 0 Å². The molecular formula is C16H13F6N2O8P. The molecule has 2 N–H and O–H groups in total. The maximum Gasteiger partial charge on any atom is 0.573 e. The molecule has 0 fully saturated rings. The van der Waals surface area contributed by atoms with Crippen molar-refractivity contribution in [3.8, 4) is 28.7 Å². The third kappa shape index (κ3) is 8.32. The first kappa shape index (κ1) is 26.0. The lowest BCUT2D eigenvalue weighted by Gasteiger charge is -2.16. The molecule has 0 heterocycles. The number of phosphoric ester groups is 1. The summed E-state index contributed by atoms with van der Waals surface area (Å²) in [5.74, 6) is -3.72. The molecule has 0 saturated heterocycles. The van der Waals surface area contributed by atoms with Gasteiger partial charge in [-0.2, -0.15) is 10.2 Å². The van der Waals surface area contributed by atoms with E-state index in [1.807, 2.05) is 0 Å². The zero-order chi connectivity index (χ0) is 25.0. The first-order valence-corrected chi connectivity index (χ1v) is 9.71. The molecule has 0 aliphatic rings. The summed E-state index contributed by atoms with van der Waals surface area (Å²) >= 11 is 0. The molecule has 0 aliphatic heterocycles. The highest BCUT2D eigenvalue weighted by Gasteiger charge is 2.35. The molecule has 182 valence electrons. The first-order chi connectivity index (χ1) is 15.1. The fourth-order valence-electron chi connectivity index (χ4n) is 2.22. The summed E-state index contributed by atoms with van der Waals surface area (Å²) in [6.07, 6.45) is -10.2. The number of alkyl halides is 6. The Hall–Kier alpha value is -3.23. The lowest BCUT2D eigenvalue weighted by molar-refractivity contribution is -0.276. The van der Waals surface area contributed by atoms with Gasteiger partial charge >= 0.3 is 20.5 Å². The quantitative estimate of drug-likeness (QED) is 0.277. The molecule has 0 saturated carbocycles. The highest BCUT2D eigenvalue weighted by Crippen LogP contribution is 2.46. The van der Waals surface area contributed by atoms with Crippen molar-refractivity contribution in [2.45, 2.75) is 12.7 Å². The fraction of sp³-hybridized carbons (Fsp3) is 0.250. The fourth-order valence-corrected chi connectivity index (χ4v) is 2.62. The van der Waals surface area contributed by atoms with Crippen molar-refractivity contribution >= 4 is 19.2 Å². The molecular weight excluding hydrogens is 493 g/mol. The van der Waals surface area contributed by atoms with E-state index in [1.165, 1.54) is 0 Å². The highest BCUT2D eigenvalue weighted by molar-refractivity contribution is 7.46. The van der Waals surface area contributed by atoms with Gasteiger partial charge in [0, 0.05) is 18.2 Å². The third-order valence-corrected chi connectivity index (χ3v) is 3.75. The van der Waals surface area contributed by atoms with E-state index in [2.05, 4.69) is 24.2 Å². The van der Waals surface area contributed by atoms with Gasteiger partial charge in [0.1, 0.15) is 0 Å². The van der Waals surface area contributed by atoms with Crippen molar-refractivity contribution in [2.24, 2.45) is 10.2 Å². The lowest BCUT2D eigenvalue weighted by Crippen LogP contribution is -2.18. The minimum Gasteiger partial charge on any atom is -0.493 e. The normalized spacial score (nSPS) is 12.5. The summed E-state index contributed by atoms with van der Waals surface area (Å²) in [4.78, 5) is 17.8. The van der Waals surface area contributed by atoms with Crippen LogP contribution in [0.1, 0.15) is 0 Å². The largest absolute Gasteiger partial charge is 0.573 e. The minimum absolute atomic E-state index is 0.133. The summed E-state index contributed by atoms with van der Waals surface area (Å²) in [5.41, 5.74) is -0.396. The van der Waals surface area contributed by atoms with Crippen molar-refractivity contribution in [3.63, 3.8) is 0 Å². The molecule has 0 amide bonds. The van der Waals surface area contributed by atoms with E-state index >= 15 is 0 Å². The Morgan fingerprint density at radius 2 is 1.24 bits per heavy atom. The molecule has 33 heavy (non-hydrogen) atoms. The standard InChI is InChI=1S/C16H13F6N2O8P/c1-28-12-6-9(7-13(29-2)14(12)31-16(20,21)22)24-23-8-3-4-10(30-15(17,18)19)11(5-8)32-33(25,26)27/h3-7H,1-2H3,(H2,25,26,27).